The van der Waals surface area contributed by atoms with Crippen LogP contribution < -0.4 is 15.1 Å². The molecular formula is C25H28N4O2. The summed E-state index contributed by atoms with van der Waals surface area (Å²) in [4.78, 5) is 22.0. The molecule has 5 rings (SSSR count). The fourth-order valence-electron chi connectivity index (χ4n) is 4.23. The Morgan fingerprint density at radius 2 is 1.71 bits per heavy atom. The third-order valence-electron chi connectivity index (χ3n) is 6.16. The molecule has 2 heterocycles. The summed E-state index contributed by atoms with van der Waals surface area (Å²) in [6.07, 6.45) is 3.66. The molecule has 1 saturated heterocycles. The lowest BCUT2D eigenvalue weighted by atomic mass is 10.1. The quantitative estimate of drug-likeness (QED) is 0.650. The first-order chi connectivity index (χ1) is 15.1. The lowest BCUT2D eigenvalue weighted by Gasteiger charge is -2.38. The van der Waals surface area contributed by atoms with Crippen molar-refractivity contribution in [1.29, 1.82) is 0 Å². The van der Waals surface area contributed by atoms with E-state index in [9.17, 15) is 4.79 Å². The molecular weight excluding hydrogens is 388 g/mol. The van der Waals surface area contributed by atoms with Crippen LogP contribution >= 0.6 is 0 Å². The smallest absolute Gasteiger partial charge is 0.277 e. The van der Waals surface area contributed by atoms with Crippen molar-refractivity contribution in [1.82, 2.24) is 4.98 Å². The number of nitrogens with zero attached hydrogens (tertiary/aromatic N) is 3. The van der Waals surface area contributed by atoms with E-state index >= 15 is 0 Å². The minimum absolute atomic E-state index is 0.221. The van der Waals surface area contributed by atoms with Crippen molar-refractivity contribution in [2.45, 2.75) is 32.6 Å². The van der Waals surface area contributed by atoms with Crippen LogP contribution in [0.3, 0.4) is 0 Å². The number of benzene rings is 2. The number of piperazine rings is 1. The van der Waals surface area contributed by atoms with E-state index in [0.29, 0.717) is 17.5 Å². The predicted molar refractivity (Wildman–Crippen MR) is 123 cm³/mol. The van der Waals surface area contributed by atoms with Crippen LogP contribution in [0.1, 0.15) is 46.3 Å². The number of oxazole rings is 1. The average molecular weight is 417 g/mol. The van der Waals surface area contributed by atoms with Crippen LogP contribution in [0.4, 0.5) is 17.1 Å². The number of aryl methyl sites for hydroxylation is 2. The van der Waals surface area contributed by atoms with Gasteiger partial charge in [0.05, 0.1) is 11.4 Å². The molecule has 31 heavy (non-hydrogen) atoms. The van der Waals surface area contributed by atoms with Gasteiger partial charge in [0, 0.05) is 37.8 Å². The minimum atomic E-state index is -0.221. The van der Waals surface area contributed by atoms with Crippen molar-refractivity contribution in [2.75, 3.05) is 41.3 Å². The zero-order valence-electron chi connectivity index (χ0n) is 18.1. The highest BCUT2D eigenvalue weighted by atomic mass is 16.3. The van der Waals surface area contributed by atoms with Crippen LogP contribution in [0.15, 0.2) is 53.1 Å². The summed E-state index contributed by atoms with van der Waals surface area (Å²) < 4.78 is 5.49. The lowest BCUT2D eigenvalue weighted by Crippen LogP contribution is -2.47. The van der Waals surface area contributed by atoms with E-state index in [0.717, 1.165) is 56.0 Å². The van der Waals surface area contributed by atoms with E-state index in [1.807, 2.05) is 13.0 Å². The second kappa shape index (κ2) is 8.10. The number of anilines is 3. The topological polar surface area (TPSA) is 61.6 Å². The van der Waals surface area contributed by atoms with Crippen molar-refractivity contribution in [2.24, 2.45) is 0 Å². The molecule has 0 spiro atoms. The molecule has 3 aromatic rings. The molecule has 0 radical (unpaired) electrons. The Morgan fingerprint density at radius 1 is 1.00 bits per heavy atom. The maximum Gasteiger partial charge on any atom is 0.277 e. The Bertz CT molecular complexity index is 1090. The van der Waals surface area contributed by atoms with Gasteiger partial charge in [-0.15, -0.1) is 0 Å². The maximum absolute atomic E-state index is 12.8. The first-order valence-electron chi connectivity index (χ1n) is 11.0. The van der Waals surface area contributed by atoms with Crippen molar-refractivity contribution in [3.05, 3.63) is 71.4 Å². The van der Waals surface area contributed by atoms with Crippen LogP contribution in [-0.4, -0.2) is 37.1 Å². The highest BCUT2D eigenvalue weighted by molar-refractivity contribution is 6.04. The molecule has 6 heteroatoms. The van der Waals surface area contributed by atoms with Gasteiger partial charge in [-0.2, -0.15) is 0 Å². The summed E-state index contributed by atoms with van der Waals surface area (Å²) in [5, 5.41) is 3.07. The normalized spacial score (nSPS) is 16.5. The monoisotopic (exact) mass is 416 g/mol. The summed E-state index contributed by atoms with van der Waals surface area (Å²) >= 11 is 0. The first kappa shape index (κ1) is 19.7. The molecule has 0 atom stereocenters. The van der Waals surface area contributed by atoms with Crippen LogP contribution in [0.5, 0.6) is 0 Å². The molecule has 2 aliphatic rings. The third-order valence-corrected chi connectivity index (χ3v) is 6.16. The van der Waals surface area contributed by atoms with Gasteiger partial charge in [0.15, 0.2) is 11.6 Å². The first-order valence-corrected chi connectivity index (χ1v) is 11.0. The van der Waals surface area contributed by atoms with Gasteiger partial charge >= 0.3 is 0 Å². The van der Waals surface area contributed by atoms with E-state index in [1.54, 1.807) is 0 Å². The molecule has 0 bridgehead atoms. The number of amides is 1. The largest absolute Gasteiger partial charge is 0.448 e. The standard InChI is InChI=1S/C25H28N4O2/c1-17-7-10-23(29-13-11-28(12-14-29)22-6-4-3-5-18(22)2)20(15-17)26-24(30)21-16-31-25(27-21)19-8-9-19/h3-7,10,15-16,19H,8-9,11-14H2,1-2H3,(H,26,30). The third kappa shape index (κ3) is 4.15. The molecule has 160 valence electrons. The van der Waals surface area contributed by atoms with E-state index in [-0.39, 0.29) is 5.91 Å². The second-order valence-electron chi connectivity index (χ2n) is 8.58. The summed E-state index contributed by atoms with van der Waals surface area (Å²) in [6.45, 7) is 7.89. The number of carbonyl (C=O) groups excluding carboxylic acids is 1. The molecule has 1 aromatic heterocycles. The van der Waals surface area contributed by atoms with E-state index in [2.05, 4.69) is 63.4 Å². The van der Waals surface area contributed by atoms with Gasteiger partial charge in [-0.25, -0.2) is 4.98 Å². The number of nitrogens with one attached hydrogen (secondary N) is 1. The van der Waals surface area contributed by atoms with Crippen LogP contribution in [0.25, 0.3) is 0 Å². The molecule has 6 nitrogen and oxygen atoms in total. The number of rotatable bonds is 5. The second-order valence-corrected chi connectivity index (χ2v) is 8.58. The Balaban J connectivity index is 1.31. The summed E-state index contributed by atoms with van der Waals surface area (Å²) in [5.41, 5.74) is 5.93. The van der Waals surface area contributed by atoms with Crippen LogP contribution in [0.2, 0.25) is 0 Å². The minimum Gasteiger partial charge on any atom is -0.448 e. The Kier molecular flexibility index (Phi) is 5.14. The molecule has 2 fully saturated rings. The Morgan fingerprint density at radius 3 is 2.42 bits per heavy atom. The van der Waals surface area contributed by atoms with Gasteiger partial charge in [0.2, 0.25) is 0 Å². The highest BCUT2D eigenvalue weighted by Gasteiger charge is 2.29. The summed E-state index contributed by atoms with van der Waals surface area (Å²) in [5.74, 6) is 0.851. The Labute approximate surface area is 182 Å². The molecule has 1 saturated carbocycles. The van der Waals surface area contributed by atoms with Crippen molar-refractivity contribution in [3.8, 4) is 0 Å². The van der Waals surface area contributed by atoms with E-state index in [4.69, 9.17) is 4.42 Å². The van der Waals surface area contributed by atoms with Gasteiger partial charge in [-0.05, 0) is 56.0 Å². The molecule has 1 aliphatic carbocycles. The summed E-state index contributed by atoms with van der Waals surface area (Å²) in [7, 11) is 0. The molecule has 2 aromatic carbocycles. The van der Waals surface area contributed by atoms with Crippen molar-refractivity contribution < 1.29 is 9.21 Å². The fraction of sp³-hybridized carbons (Fsp3) is 0.360. The maximum atomic E-state index is 12.8. The number of carbonyl (C=O) groups is 1. The van der Waals surface area contributed by atoms with Gasteiger partial charge in [0.25, 0.3) is 5.91 Å². The molecule has 0 unspecified atom stereocenters. The zero-order valence-corrected chi connectivity index (χ0v) is 18.1. The van der Waals surface area contributed by atoms with Crippen LogP contribution in [-0.2, 0) is 0 Å². The molecule has 1 aliphatic heterocycles. The number of hydrogen-bond acceptors (Lipinski definition) is 5. The van der Waals surface area contributed by atoms with Gasteiger partial charge in [0.1, 0.15) is 6.26 Å². The highest BCUT2D eigenvalue weighted by Crippen LogP contribution is 2.39. The lowest BCUT2D eigenvalue weighted by molar-refractivity contribution is 0.102. The van der Waals surface area contributed by atoms with Gasteiger partial charge < -0.3 is 19.5 Å². The number of hydrogen-bond donors (Lipinski definition) is 1. The number of aromatic nitrogens is 1. The van der Waals surface area contributed by atoms with E-state index < -0.39 is 0 Å². The summed E-state index contributed by atoms with van der Waals surface area (Å²) in [6, 6.07) is 14.8. The average Bonchev–Trinajstić information content (AvgIpc) is 3.51. The van der Waals surface area contributed by atoms with Crippen molar-refractivity contribution in [3.63, 3.8) is 0 Å². The van der Waals surface area contributed by atoms with Crippen LogP contribution in [0, 0.1) is 13.8 Å². The molecule has 1 N–H and O–H groups in total. The van der Waals surface area contributed by atoms with E-state index in [1.165, 1.54) is 17.5 Å². The van der Waals surface area contributed by atoms with Crippen molar-refractivity contribution >= 4 is 23.0 Å². The van der Waals surface area contributed by atoms with Gasteiger partial charge in [-0.1, -0.05) is 24.3 Å². The Hall–Kier alpha value is -3.28. The predicted octanol–water partition coefficient (Wildman–Crippen LogP) is 4.75. The molecule has 1 amide bonds. The SMILES string of the molecule is Cc1ccc(N2CCN(c3ccccc3C)CC2)c(NC(=O)c2coc(C3CC3)n2)c1. The van der Waals surface area contributed by atoms with Gasteiger partial charge in [-0.3, -0.25) is 4.79 Å². The zero-order chi connectivity index (χ0) is 21.4. The number of para-hydroxylation sites is 1. The fourth-order valence-corrected chi connectivity index (χ4v) is 4.23.